The molecule has 0 heterocycles. The van der Waals surface area contributed by atoms with Crippen molar-refractivity contribution in [1.29, 1.82) is 0 Å². The van der Waals surface area contributed by atoms with Gasteiger partial charge in [-0.1, -0.05) is 23.9 Å². The minimum Gasteiger partial charge on any atom is -0.312 e. The fraction of sp³-hybridized carbons (Fsp3) is 0.455. The second-order valence-electron chi connectivity index (χ2n) is 3.67. The summed E-state index contributed by atoms with van der Waals surface area (Å²) in [6.07, 6.45) is -5.54. The van der Waals surface area contributed by atoms with Crippen molar-refractivity contribution in [3.8, 4) is 0 Å². The van der Waals surface area contributed by atoms with E-state index >= 15 is 0 Å². The largest absolute Gasteiger partial charge is 0.464 e. The van der Waals surface area contributed by atoms with E-state index in [0.717, 1.165) is 0 Å². The van der Waals surface area contributed by atoms with Gasteiger partial charge >= 0.3 is 11.4 Å². The lowest BCUT2D eigenvalue weighted by Crippen LogP contribution is -2.34. The first-order chi connectivity index (χ1) is 8.72. The average molecular weight is 303 g/mol. The smallest absolute Gasteiger partial charge is 0.312 e. The molecule has 0 radical (unpaired) electrons. The highest BCUT2D eigenvalue weighted by molar-refractivity contribution is 8.00. The Morgan fingerprint density at radius 3 is 2.37 bits per heavy atom. The van der Waals surface area contributed by atoms with Crippen LogP contribution in [0.15, 0.2) is 24.3 Å². The molecule has 0 atom stereocenters. The number of rotatable bonds is 6. The minimum absolute atomic E-state index is 0.0349. The van der Waals surface area contributed by atoms with Crippen LogP contribution in [0.3, 0.4) is 0 Å². The van der Waals surface area contributed by atoms with Gasteiger partial charge in [0.05, 0.1) is 0 Å². The van der Waals surface area contributed by atoms with Crippen molar-refractivity contribution in [3.05, 3.63) is 35.6 Å². The molecule has 8 heteroatoms. The van der Waals surface area contributed by atoms with Gasteiger partial charge in [0, 0.05) is 18.8 Å². The van der Waals surface area contributed by atoms with Crippen LogP contribution in [0.4, 0.5) is 26.3 Å². The van der Waals surface area contributed by atoms with E-state index in [9.17, 15) is 26.3 Å². The van der Waals surface area contributed by atoms with Crippen molar-refractivity contribution in [3.63, 3.8) is 0 Å². The zero-order valence-corrected chi connectivity index (χ0v) is 10.4. The maximum atomic E-state index is 12.8. The summed E-state index contributed by atoms with van der Waals surface area (Å²) in [5.41, 5.74) is 0.590. The minimum atomic E-state index is -5.54. The molecule has 0 aliphatic rings. The summed E-state index contributed by atoms with van der Waals surface area (Å²) in [5, 5.41) is -2.08. The van der Waals surface area contributed by atoms with Gasteiger partial charge < -0.3 is 5.32 Å². The number of alkyl halides is 5. The number of thioether (sulfide) groups is 1. The average Bonchev–Trinajstić information content (AvgIpc) is 2.27. The van der Waals surface area contributed by atoms with Gasteiger partial charge in [-0.15, -0.1) is 0 Å². The van der Waals surface area contributed by atoms with Crippen LogP contribution in [0.2, 0.25) is 0 Å². The number of hydrogen-bond donors (Lipinski definition) is 1. The Morgan fingerprint density at radius 2 is 1.79 bits per heavy atom. The van der Waals surface area contributed by atoms with E-state index in [0.29, 0.717) is 5.56 Å². The van der Waals surface area contributed by atoms with E-state index in [1.54, 1.807) is 6.07 Å². The van der Waals surface area contributed by atoms with Crippen LogP contribution in [-0.2, 0) is 6.54 Å². The van der Waals surface area contributed by atoms with E-state index in [-0.39, 0.29) is 13.1 Å². The SMILES string of the molecule is Fc1cccc(CNCCSC(F)(F)C(F)(F)F)c1. The first-order valence-electron chi connectivity index (χ1n) is 5.26. The first kappa shape index (κ1) is 16.2. The third kappa shape index (κ3) is 5.32. The molecule has 0 amide bonds. The third-order valence-electron chi connectivity index (χ3n) is 2.11. The predicted octanol–water partition coefficient (Wildman–Crippen LogP) is 3.80. The Bertz CT molecular complexity index is 406. The molecule has 0 aliphatic heterocycles. The third-order valence-corrected chi connectivity index (χ3v) is 3.11. The number of nitrogens with one attached hydrogen (secondary N) is 1. The summed E-state index contributed by atoms with van der Waals surface area (Å²) < 4.78 is 73.2. The van der Waals surface area contributed by atoms with Crippen LogP contribution in [0.1, 0.15) is 5.56 Å². The molecule has 1 aromatic carbocycles. The van der Waals surface area contributed by atoms with E-state index < -0.39 is 34.8 Å². The van der Waals surface area contributed by atoms with Gasteiger partial charge in [-0.3, -0.25) is 0 Å². The molecule has 108 valence electrons. The Morgan fingerprint density at radius 1 is 1.11 bits per heavy atom. The van der Waals surface area contributed by atoms with Crippen molar-refractivity contribution in [2.75, 3.05) is 12.3 Å². The van der Waals surface area contributed by atoms with Crippen molar-refractivity contribution in [1.82, 2.24) is 5.32 Å². The lowest BCUT2D eigenvalue weighted by molar-refractivity contribution is -0.237. The molecular formula is C11H11F6NS. The lowest BCUT2D eigenvalue weighted by Gasteiger charge is -2.18. The zero-order chi connectivity index (χ0) is 14.5. The quantitative estimate of drug-likeness (QED) is 0.633. The van der Waals surface area contributed by atoms with Gasteiger partial charge in [-0.25, -0.2) is 4.39 Å². The maximum Gasteiger partial charge on any atom is 0.464 e. The van der Waals surface area contributed by atoms with E-state index in [2.05, 4.69) is 5.32 Å². The molecule has 1 aromatic rings. The highest BCUT2D eigenvalue weighted by Gasteiger charge is 2.57. The van der Waals surface area contributed by atoms with E-state index in [1.807, 2.05) is 0 Å². The molecular weight excluding hydrogens is 292 g/mol. The fourth-order valence-electron chi connectivity index (χ4n) is 1.21. The highest BCUT2D eigenvalue weighted by atomic mass is 32.2. The van der Waals surface area contributed by atoms with Crippen molar-refractivity contribution < 1.29 is 26.3 Å². The second-order valence-corrected chi connectivity index (χ2v) is 4.88. The summed E-state index contributed by atoms with van der Waals surface area (Å²) in [6.45, 7) is 0.169. The highest BCUT2D eigenvalue weighted by Crippen LogP contribution is 2.43. The monoisotopic (exact) mass is 303 g/mol. The Balaban J connectivity index is 2.25. The molecule has 1 rings (SSSR count). The van der Waals surface area contributed by atoms with E-state index in [4.69, 9.17) is 0 Å². The Hall–Kier alpha value is -0.890. The number of benzene rings is 1. The van der Waals surface area contributed by atoms with Crippen molar-refractivity contribution in [2.45, 2.75) is 18.0 Å². The summed E-state index contributed by atoms with van der Waals surface area (Å²) in [7, 11) is 0. The van der Waals surface area contributed by atoms with Crippen molar-refractivity contribution in [2.24, 2.45) is 0 Å². The zero-order valence-electron chi connectivity index (χ0n) is 9.61. The van der Waals surface area contributed by atoms with E-state index in [1.165, 1.54) is 18.2 Å². The molecule has 0 aromatic heterocycles. The van der Waals surface area contributed by atoms with Crippen LogP contribution < -0.4 is 5.32 Å². The van der Waals surface area contributed by atoms with Gasteiger partial charge in [-0.2, -0.15) is 22.0 Å². The number of halogens is 6. The normalized spacial score (nSPS) is 12.7. The molecule has 0 aliphatic carbocycles. The van der Waals surface area contributed by atoms with Crippen LogP contribution >= 0.6 is 11.8 Å². The van der Waals surface area contributed by atoms with Gasteiger partial charge in [0.2, 0.25) is 0 Å². The van der Waals surface area contributed by atoms with Crippen LogP contribution in [0.25, 0.3) is 0 Å². The first-order valence-corrected chi connectivity index (χ1v) is 6.24. The fourth-order valence-corrected chi connectivity index (χ4v) is 1.88. The predicted molar refractivity (Wildman–Crippen MR) is 61.6 cm³/mol. The molecule has 0 bridgehead atoms. The second kappa shape index (κ2) is 6.51. The van der Waals surface area contributed by atoms with Gasteiger partial charge in [-0.05, 0) is 17.7 Å². The summed E-state index contributed by atoms with van der Waals surface area (Å²) in [5.74, 6) is -0.834. The van der Waals surface area contributed by atoms with Gasteiger partial charge in [0.1, 0.15) is 5.82 Å². The van der Waals surface area contributed by atoms with Gasteiger partial charge in [0.15, 0.2) is 0 Å². The van der Waals surface area contributed by atoms with Crippen molar-refractivity contribution >= 4 is 11.8 Å². The maximum absolute atomic E-state index is 12.8. The summed E-state index contributed by atoms with van der Waals surface area (Å²) >= 11 is -0.471. The topological polar surface area (TPSA) is 12.0 Å². The molecule has 0 saturated heterocycles. The molecule has 1 nitrogen and oxygen atoms in total. The van der Waals surface area contributed by atoms with Gasteiger partial charge in [0.25, 0.3) is 0 Å². The summed E-state index contributed by atoms with van der Waals surface area (Å²) in [6, 6.07) is 5.61. The molecule has 0 fully saturated rings. The molecule has 19 heavy (non-hydrogen) atoms. The molecule has 1 N–H and O–H groups in total. The van der Waals surface area contributed by atoms with Crippen LogP contribution in [0.5, 0.6) is 0 Å². The standard InChI is InChI=1S/C11H11F6NS/c12-9-3-1-2-8(6-9)7-18-4-5-19-11(16,17)10(13,14)15/h1-3,6,18H,4-5,7H2. The molecule has 0 unspecified atom stereocenters. The Kier molecular flexibility index (Phi) is 5.54. The lowest BCUT2D eigenvalue weighted by atomic mass is 10.2. The summed E-state index contributed by atoms with van der Waals surface area (Å²) in [4.78, 5) is 0. The molecule has 0 spiro atoms. The Labute approximate surface area is 110 Å². The van der Waals surface area contributed by atoms with Crippen LogP contribution in [0, 0.1) is 5.82 Å². The number of hydrogen-bond acceptors (Lipinski definition) is 2. The molecule has 0 saturated carbocycles. The van der Waals surface area contributed by atoms with Crippen LogP contribution in [-0.4, -0.2) is 23.7 Å².